The topological polar surface area (TPSA) is 26.3 Å². The van der Waals surface area contributed by atoms with Crippen molar-refractivity contribution in [3.05, 3.63) is 0 Å². The Bertz CT molecular complexity index is 73.3. The number of carbonyl (C=O) groups is 1. The molecule has 36 valence electrons. The maximum absolute atomic E-state index is 9.31. The molecule has 0 bridgehead atoms. The van der Waals surface area contributed by atoms with Gasteiger partial charge >= 0.3 is 29.6 Å². The molecule has 0 unspecified atom stereocenters. The van der Waals surface area contributed by atoms with Crippen LogP contribution in [0.15, 0.2) is 0 Å². The van der Waals surface area contributed by atoms with E-state index in [1.165, 1.54) is 6.92 Å². The molecule has 0 atom stereocenters. The fraction of sp³-hybridized carbons (Fsp3) is 0.333. The summed E-state index contributed by atoms with van der Waals surface area (Å²) in [5.74, 6) is 0. The van der Waals surface area contributed by atoms with E-state index in [0.717, 1.165) is 0 Å². The minimum atomic E-state index is 0. The van der Waals surface area contributed by atoms with Gasteiger partial charge in [0.25, 0.3) is 6.47 Å². The fourth-order valence-corrected chi connectivity index (χ4v) is 0.107. The molecule has 0 aromatic heterocycles. The third-order valence-electron chi connectivity index (χ3n) is 0.214. The van der Waals surface area contributed by atoms with E-state index in [9.17, 15) is 4.79 Å². The van der Waals surface area contributed by atoms with Crippen LogP contribution in [0.1, 0.15) is 6.92 Å². The third kappa shape index (κ3) is 10.8. The molecule has 2 nitrogen and oxygen atoms in total. The van der Waals surface area contributed by atoms with Gasteiger partial charge in [-0.1, -0.05) is 0 Å². The van der Waals surface area contributed by atoms with Crippen LogP contribution < -0.4 is 0 Å². The van der Waals surface area contributed by atoms with Crippen molar-refractivity contribution in [2.75, 3.05) is 0 Å². The summed E-state index contributed by atoms with van der Waals surface area (Å²) < 4.78 is 4.09. The van der Waals surface area contributed by atoms with Crippen molar-refractivity contribution < 1.29 is 9.53 Å². The van der Waals surface area contributed by atoms with E-state index in [1.54, 1.807) is 0 Å². The molecule has 0 aliphatic rings. The second-order valence-electron chi connectivity index (χ2n) is 0.706. The Morgan fingerprint density at radius 2 is 2.29 bits per heavy atom. The zero-order valence-corrected chi connectivity index (χ0v) is 4.12. The van der Waals surface area contributed by atoms with Gasteiger partial charge in [-0.25, -0.2) is 0 Å². The normalized spacial score (nSPS) is 5.86. The second kappa shape index (κ2) is 6.56. The molecule has 0 rings (SSSR count). The molecular formula is C3H5NaO2S. The second-order valence-corrected chi connectivity index (χ2v) is 1.28. The minimum absolute atomic E-state index is 0. The molecule has 0 radical (unpaired) electrons. The van der Waals surface area contributed by atoms with Gasteiger partial charge in [-0.3, -0.25) is 4.79 Å². The van der Waals surface area contributed by atoms with E-state index in [1.807, 2.05) is 0 Å². The van der Waals surface area contributed by atoms with Crippen LogP contribution in [0.2, 0.25) is 0 Å². The summed E-state index contributed by atoms with van der Waals surface area (Å²) in [4.78, 5) is 9.31. The first-order chi connectivity index (χ1) is 2.77. The van der Waals surface area contributed by atoms with Crippen molar-refractivity contribution in [1.82, 2.24) is 0 Å². The van der Waals surface area contributed by atoms with Crippen molar-refractivity contribution in [1.29, 1.82) is 0 Å². The molecule has 0 aromatic rings. The number of ether oxygens (including phenoxy) is 1. The van der Waals surface area contributed by atoms with Crippen LogP contribution in [0.5, 0.6) is 0 Å². The van der Waals surface area contributed by atoms with Crippen LogP contribution >= 0.6 is 12.2 Å². The zero-order valence-electron chi connectivity index (χ0n) is 3.30. The summed E-state index contributed by atoms with van der Waals surface area (Å²) >= 11 is 4.34. The van der Waals surface area contributed by atoms with E-state index < -0.39 is 0 Å². The van der Waals surface area contributed by atoms with Gasteiger partial charge in [-0.05, 0) is 12.2 Å². The molecule has 0 N–H and O–H groups in total. The van der Waals surface area contributed by atoms with Crippen molar-refractivity contribution in [2.24, 2.45) is 0 Å². The van der Waals surface area contributed by atoms with Crippen molar-refractivity contribution in [3.8, 4) is 0 Å². The molecule has 0 aliphatic carbocycles. The summed E-state index contributed by atoms with van der Waals surface area (Å²) in [6.45, 7) is 1.84. The van der Waals surface area contributed by atoms with Crippen LogP contribution in [0, 0.1) is 0 Å². The number of thiocarbonyl (C=S) groups is 1. The van der Waals surface area contributed by atoms with Gasteiger partial charge in [0.15, 0.2) is 5.05 Å². The Balaban J connectivity index is 0. The number of hydrogen-bond acceptors (Lipinski definition) is 3. The summed E-state index contributed by atoms with van der Waals surface area (Å²) in [6.07, 6.45) is 0. The van der Waals surface area contributed by atoms with Gasteiger partial charge in [-0.15, -0.1) is 0 Å². The van der Waals surface area contributed by atoms with Crippen LogP contribution in [0.4, 0.5) is 0 Å². The number of carbonyl (C=O) groups excluding carboxylic acids is 1. The van der Waals surface area contributed by atoms with E-state index in [4.69, 9.17) is 0 Å². The summed E-state index contributed by atoms with van der Waals surface area (Å²) in [7, 11) is 0. The van der Waals surface area contributed by atoms with Crippen LogP contribution in [0.3, 0.4) is 0 Å². The molecule has 0 heterocycles. The molecule has 0 spiro atoms. The Morgan fingerprint density at radius 1 is 1.86 bits per heavy atom. The van der Waals surface area contributed by atoms with E-state index in [0.29, 0.717) is 6.47 Å². The first-order valence-corrected chi connectivity index (χ1v) is 1.79. The average Bonchev–Trinajstić information content (AvgIpc) is 1.35. The molecule has 7 heavy (non-hydrogen) atoms. The molecule has 4 heteroatoms. The van der Waals surface area contributed by atoms with Gasteiger partial charge in [0, 0.05) is 6.92 Å². The first kappa shape index (κ1) is 10.5. The summed E-state index contributed by atoms with van der Waals surface area (Å²) in [6, 6.07) is 0. The van der Waals surface area contributed by atoms with Gasteiger partial charge in [0.05, 0.1) is 0 Å². The SMILES string of the molecule is CC(=S)OC=O.[NaH]. The third-order valence-corrected chi connectivity index (χ3v) is 0.310. The van der Waals surface area contributed by atoms with E-state index in [-0.39, 0.29) is 34.6 Å². The van der Waals surface area contributed by atoms with Crippen LogP contribution in [-0.2, 0) is 9.53 Å². The van der Waals surface area contributed by atoms with E-state index in [2.05, 4.69) is 17.0 Å². The molecular weight excluding hydrogens is 123 g/mol. The number of rotatable bonds is 1. The Labute approximate surface area is 69.5 Å². The van der Waals surface area contributed by atoms with Gasteiger partial charge in [0.2, 0.25) is 0 Å². The maximum atomic E-state index is 9.31. The number of hydrogen-bond donors (Lipinski definition) is 0. The average molecular weight is 128 g/mol. The van der Waals surface area contributed by atoms with Crippen molar-refractivity contribution in [3.63, 3.8) is 0 Å². The fourth-order valence-electron chi connectivity index (χ4n) is 0.0678. The Kier molecular flexibility index (Phi) is 9.86. The molecule has 0 amide bonds. The zero-order chi connectivity index (χ0) is 4.99. The quantitative estimate of drug-likeness (QED) is 0.279. The van der Waals surface area contributed by atoms with E-state index >= 15 is 0 Å². The summed E-state index contributed by atoms with van der Waals surface area (Å²) in [5, 5.41) is 0.255. The van der Waals surface area contributed by atoms with Crippen molar-refractivity contribution >= 4 is 53.3 Å². The molecule has 0 saturated carbocycles. The molecule has 0 aromatic carbocycles. The predicted molar refractivity (Wildman–Crippen MR) is 32.6 cm³/mol. The van der Waals surface area contributed by atoms with Crippen LogP contribution in [0.25, 0.3) is 0 Å². The molecule has 0 saturated heterocycles. The van der Waals surface area contributed by atoms with Crippen LogP contribution in [-0.4, -0.2) is 41.1 Å². The Hall–Kier alpha value is 0.560. The van der Waals surface area contributed by atoms with Gasteiger partial charge < -0.3 is 4.74 Å². The molecule has 0 aliphatic heterocycles. The van der Waals surface area contributed by atoms with Gasteiger partial charge in [-0.2, -0.15) is 0 Å². The van der Waals surface area contributed by atoms with Gasteiger partial charge in [0.1, 0.15) is 0 Å². The Morgan fingerprint density at radius 3 is 2.29 bits per heavy atom. The predicted octanol–water partition coefficient (Wildman–Crippen LogP) is -0.142. The molecule has 0 fully saturated rings. The van der Waals surface area contributed by atoms with Crippen molar-refractivity contribution in [2.45, 2.75) is 6.92 Å². The monoisotopic (exact) mass is 128 g/mol. The summed E-state index contributed by atoms with van der Waals surface area (Å²) in [5.41, 5.74) is 0. The first-order valence-electron chi connectivity index (χ1n) is 1.38. The standard InChI is InChI=1S/C3H4O2S.Na.H/c1-3(6)5-2-4;;/h2H,1H3;;.